The Hall–Kier alpha value is -3.80. The van der Waals surface area contributed by atoms with Crippen LogP contribution in [-0.2, 0) is 22.4 Å². The molecule has 190 valence electrons. The number of rotatable bonds is 8. The first-order chi connectivity index (χ1) is 17.7. The summed E-state index contributed by atoms with van der Waals surface area (Å²) < 4.78 is 17.1. The number of hydrogen-bond donors (Lipinski definition) is 1. The Morgan fingerprint density at radius 1 is 1.14 bits per heavy atom. The van der Waals surface area contributed by atoms with Gasteiger partial charge in [-0.2, -0.15) is 5.26 Å². The minimum absolute atomic E-state index is 0.302. The van der Waals surface area contributed by atoms with Crippen LogP contribution in [0.15, 0.2) is 34.7 Å². The Kier molecular flexibility index (Phi) is 7.86. The number of ether oxygens (including phenoxy) is 2. The minimum atomic E-state index is -0.307. The van der Waals surface area contributed by atoms with Crippen molar-refractivity contribution in [2.45, 2.75) is 40.5 Å². The van der Waals surface area contributed by atoms with Crippen LogP contribution in [0.4, 0.5) is 0 Å². The predicted molar refractivity (Wildman–Crippen MR) is 139 cm³/mol. The number of benzene rings is 2. The topological polar surface area (TPSA) is 114 Å². The van der Waals surface area contributed by atoms with E-state index >= 15 is 0 Å². The van der Waals surface area contributed by atoms with E-state index in [2.05, 4.69) is 21.3 Å². The van der Waals surface area contributed by atoms with Crippen molar-refractivity contribution in [1.82, 2.24) is 15.2 Å². The maximum atomic E-state index is 11.1. The fourth-order valence-electron chi connectivity index (χ4n) is 4.08. The highest BCUT2D eigenvalue weighted by Crippen LogP contribution is 2.36. The van der Waals surface area contributed by atoms with E-state index in [0.29, 0.717) is 58.3 Å². The molecule has 37 heavy (non-hydrogen) atoms. The third-order valence-corrected chi connectivity index (χ3v) is 6.48. The molecule has 0 fully saturated rings. The predicted octanol–water partition coefficient (Wildman–Crippen LogP) is 6.66. The lowest BCUT2D eigenvalue weighted by atomic mass is 10.0. The number of aromatic amines is 1. The standard InChI is InChI=1S/C27H24Cl2N4O4/c1-14-19(5-6-23(29)26(14)36-21-10-18(13-30)9-20(28)12-21)11-24-32-33-27(37-24)25-15(2)22(16(3)31-25)7-8-35-17(4)34/h5-6,9-10,12,31H,7-8,11H2,1-4H3. The Bertz CT molecular complexity index is 1520. The second-order valence-corrected chi connectivity index (χ2v) is 9.39. The van der Waals surface area contributed by atoms with Gasteiger partial charge in [-0.25, -0.2) is 0 Å². The van der Waals surface area contributed by atoms with Crippen molar-refractivity contribution < 1.29 is 18.7 Å². The monoisotopic (exact) mass is 538 g/mol. The van der Waals surface area contributed by atoms with Crippen LogP contribution >= 0.6 is 23.2 Å². The van der Waals surface area contributed by atoms with E-state index in [0.717, 1.165) is 33.6 Å². The summed E-state index contributed by atoms with van der Waals surface area (Å²) in [6.45, 7) is 7.50. The molecule has 4 rings (SSSR count). The van der Waals surface area contributed by atoms with Crippen molar-refractivity contribution in [1.29, 1.82) is 5.26 Å². The third-order valence-electron chi connectivity index (χ3n) is 5.96. The molecule has 0 radical (unpaired) electrons. The molecule has 0 atom stereocenters. The summed E-state index contributed by atoms with van der Waals surface area (Å²) in [6, 6.07) is 10.5. The number of carbonyl (C=O) groups is 1. The van der Waals surface area contributed by atoms with Gasteiger partial charge in [0.2, 0.25) is 5.89 Å². The smallest absolute Gasteiger partial charge is 0.302 e. The molecule has 10 heteroatoms. The molecule has 0 bridgehead atoms. The van der Waals surface area contributed by atoms with Gasteiger partial charge in [0, 0.05) is 24.1 Å². The first-order valence-electron chi connectivity index (χ1n) is 11.5. The number of halogens is 2. The maximum absolute atomic E-state index is 11.1. The molecular weight excluding hydrogens is 515 g/mol. The van der Waals surface area contributed by atoms with E-state index in [1.54, 1.807) is 24.3 Å². The van der Waals surface area contributed by atoms with Gasteiger partial charge >= 0.3 is 5.97 Å². The van der Waals surface area contributed by atoms with Crippen LogP contribution in [0.5, 0.6) is 11.5 Å². The van der Waals surface area contributed by atoms with Crippen LogP contribution < -0.4 is 4.74 Å². The third kappa shape index (κ3) is 5.96. The molecule has 0 saturated carbocycles. The van der Waals surface area contributed by atoms with Crippen molar-refractivity contribution in [3.63, 3.8) is 0 Å². The summed E-state index contributed by atoms with van der Waals surface area (Å²) in [4.78, 5) is 14.4. The van der Waals surface area contributed by atoms with Gasteiger partial charge in [0.1, 0.15) is 17.2 Å². The number of aryl methyl sites for hydroxylation is 1. The summed E-state index contributed by atoms with van der Waals surface area (Å²) in [5.74, 6) is 1.36. The van der Waals surface area contributed by atoms with E-state index in [-0.39, 0.29) is 5.97 Å². The number of esters is 1. The zero-order valence-electron chi connectivity index (χ0n) is 20.7. The van der Waals surface area contributed by atoms with Gasteiger partial charge in [-0.15, -0.1) is 10.2 Å². The molecule has 4 aromatic rings. The fourth-order valence-corrected chi connectivity index (χ4v) is 4.55. The van der Waals surface area contributed by atoms with E-state index in [1.165, 1.54) is 6.92 Å². The lowest BCUT2D eigenvalue weighted by Gasteiger charge is -2.14. The van der Waals surface area contributed by atoms with Gasteiger partial charge < -0.3 is 18.9 Å². The molecule has 8 nitrogen and oxygen atoms in total. The number of H-pyrrole nitrogens is 1. The lowest BCUT2D eigenvalue weighted by Crippen LogP contribution is -2.04. The molecule has 0 spiro atoms. The molecule has 0 unspecified atom stereocenters. The Morgan fingerprint density at radius 3 is 2.65 bits per heavy atom. The average molecular weight is 539 g/mol. The van der Waals surface area contributed by atoms with Crippen LogP contribution in [0, 0.1) is 32.1 Å². The molecule has 2 aromatic heterocycles. The summed E-state index contributed by atoms with van der Waals surface area (Å²) in [5.41, 5.74) is 5.78. The molecule has 0 aliphatic heterocycles. The number of nitrogens with zero attached hydrogens (tertiary/aromatic N) is 3. The van der Waals surface area contributed by atoms with Crippen molar-refractivity contribution in [3.8, 4) is 29.2 Å². The van der Waals surface area contributed by atoms with E-state index < -0.39 is 0 Å². The molecule has 1 N–H and O–H groups in total. The van der Waals surface area contributed by atoms with Gasteiger partial charge in [0.05, 0.1) is 29.7 Å². The van der Waals surface area contributed by atoms with Gasteiger partial charge in [0.25, 0.3) is 5.89 Å². The summed E-state index contributed by atoms with van der Waals surface area (Å²) >= 11 is 12.5. The molecule has 0 amide bonds. The van der Waals surface area contributed by atoms with Gasteiger partial charge in [0.15, 0.2) is 0 Å². The molecular formula is C27H24Cl2N4O4. The second kappa shape index (κ2) is 11.1. The molecule has 0 saturated heterocycles. The van der Waals surface area contributed by atoms with Crippen LogP contribution in [0.2, 0.25) is 10.0 Å². The number of carbonyl (C=O) groups excluding carboxylic acids is 1. The fraction of sp³-hybridized carbons (Fsp3) is 0.259. The van der Waals surface area contributed by atoms with E-state index in [1.807, 2.05) is 26.8 Å². The average Bonchev–Trinajstić information content (AvgIpc) is 3.42. The first-order valence-corrected chi connectivity index (χ1v) is 12.2. The number of hydrogen-bond acceptors (Lipinski definition) is 7. The van der Waals surface area contributed by atoms with Crippen LogP contribution in [0.25, 0.3) is 11.6 Å². The van der Waals surface area contributed by atoms with E-state index in [4.69, 9.17) is 37.1 Å². The molecule has 0 aliphatic rings. The largest absolute Gasteiger partial charge is 0.466 e. The van der Waals surface area contributed by atoms with Gasteiger partial charge in [-0.1, -0.05) is 29.3 Å². The summed E-state index contributed by atoms with van der Waals surface area (Å²) in [7, 11) is 0. The summed E-state index contributed by atoms with van der Waals surface area (Å²) in [6.07, 6.45) is 0.952. The number of nitriles is 1. The van der Waals surface area contributed by atoms with Crippen molar-refractivity contribution in [2.75, 3.05) is 6.61 Å². The molecule has 2 heterocycles. The Balaban J connectivity index is 1.56. The van der Waals surface area contributed by atoms with Crippen molar-refractivity contribution in [2.24, 2.45) is 0 Å². The second-order valence-electron chi connectivity index (χ2n) is 8.55. The Morgan fingerprint density at radius 2 is 1.92 bits per heavy atom. The summed E-state index contributed by atoms with van der Waals surface area (Å²) in [5, 5.41) is 18.5. The first kappa shape index (κ1) is 26.3. The number of aromatic nitrogens is 3. The maximum Gasteiger partial charge on any atom is 0.302 e. The number of nitrogens with one attached hydrogen (secondary N) is 1. The van der Waals surface area contributed by atoms with Gasteiger partial charge in [-0.05, 0) is 67.3 Å². The van der Waals surface area contributed by atoms with Crippen LogP contribution in [-0.4, -0.2) is 27.8 Å². The molecule has 0 aliphatic carbocycles. The highest BCUT2D eigenvalue weighted by molar-refractivity contribution is 6.32. The highest BCUT2D eigenvalue weighted by Gasteiger charge is 2.20. The highest BCUT2D eigenvalue weighted by atomic mass is 35.5. The normalized spacial score (nSPS) is 10.8. The van der Waals surface area contributed by atoms with E-state index in [9.17, 15) is 10.1 Å². The lowest BCUT2D eigenvalue weighted by molar-refractivity contribution is -0.140. The molecule has 2 aromatic carbocycles. The SMILES string of the molecule is CC(=O)OCCc1c(C)[nH]c(-c2nnc(Cc3ccc(Cl)c(Oc4cc(Cl)cc(C#N)c4)c3C)o2)c1C. The quantitative estimate of drug-likeness (QED) is 0.249. The Labute approximate surface area is 224 Å². The van der Waals surface area contributed by atoms with Gasteiger partial charge in [-0.3, -0.25) is 4.79 Å². The zero-order chi connectivity index (χ0) is 26.7. The minimum Gasteiger partial charge on any atom is -0.466 e. The van der Waals surface area contributed by atoms with Crippen LogP contribution in [0.1, 0.15) is 46.3 Å². The zero-order valence-corrected chi connectivity index (χ0v) is 22.3. The van der Waals surface area contributed by atoms with Crippen molar-refractivity contribution in [3.05, 3.63) is 79.8 Å². The van der Waals surface area contributed by atoms with Crippen LogP contribution in [0.3, 0.4) is 0 Å². The van der Waals surface area contributed by atoms with Crippen molar-refractivity contribution >= 4 is 29.2 Å².